The highest BCUT2D eigenvalue weighted by atomic mass is 16.5. The monoisotopic (exact) mass is 390 g/mol. The lowest BCUT2D eigenvalue weighted by atomic mass is 10.0. The predicted octanol–water partition coefficient (Wildman–Crippen LogP) is 4.32. The number of methoxy groups -OCH3 is 1. The molecule has 6 heteroatoms. The zero-order valence-corrected chi connectivity index (χ0v) is 17.0. The van der Waals surface area contributed by atoms with Crippen LogP contribution in [0.5, 0.6) is 5.75 Å². The number of benzene rings is 2. The SMILES string of the molecule is COc1cccc(CCNC(=O)c2ccnc(Nc3ccccc3C(C)C)n2)c1. The molecule has 29 heavy (non-hydrogen) atoms. The van der Waals surface area contributed by atoms with Crippen LogP contribution in [0.25, 0.3) is 0 Å². The van der Waals surface area contributed by atoms with Gasteiger partial charge in [-0.25, -0.2) is 9.97 Å². The van der Waals surface area contributed by atoms with Crippen molar-refractivity contribution in [3.8, 4) is 5.75 Å². The number of ether oxygens (including phenoxy) is 1. The number of nitrogens with zero attached hydrogens (tertiary/aromatic N) is 2. The normalized spacial score (nSPS) is 10.6. The molecular weight excluding hydrogens is 364 g/mol. The van der Waals surface area contributed by atoms with E-state index in [0.717, 1.165) is 17.0 Å². The minimum Gasteiger partial charge on any atom is -0.497 e. The minimum absolute atomic E-state index is 0.226. The van der Waals surface area contributed by atoms with Gasteiger partial charge in [0.25, 0.3) is 5.91 Å². The number of nitrogens with one attached hydrogen (secondary N) is 2. The summed E-state index contributed by atoms with van der Waals surface area (Å²) in [4.78, 5) is 21.1. The van der Waals surface area contributed by atoms with Crippen LogP contribution in [-0.2, 0) is 6.42 Å². The summed E-state index contributed by atoms with van der Waals surface area (Å²) in [5, 5.41) is 6.14. The average molecular weight is 390 g/mol. The molecule has 6 nitrogen and oxygen atoms in total. The third-order valence-electron chi connectivity index (χ3n) is 4.55. The molecular formula is C23H26N4O2. The van der Waals surface area contributed by atoms with E-state index in [1.807, 2.05) is 42.5 Å². The Kier molecular flexibility index (Phi) is 6.79. The summed E-state index contributed by atoms with van der Waals surface area (Å²) in [7, 11) is 1.64. The van der Waals surface area contributed by atoms with Gasteiger partial charge in [-0.15, -0.1) is 0 Å². The molecule has 1 amide bonds. The maximum Gasteiger partial charge on any atom is 0.270 e. The summed E-state index contributed by atoms with van der Waals surface area (Å²) in [5.41, 5.74) is 3.54. The molecule has 1 heterocycles. The van der Waals surface area contributed by atoms with Crippen molar-refractivity contribution in [3.63, 3.8) is 0 Å². The van der Waals surface area contributed by atoms with E-state index in [1.54, 1.807) is 19.4 Å². The van der Waals surface area contributed by atoms with Gasteiger partial charge in [-0.3, -0.25) is 4.79 Å². The number of hydrogen-bond acceptors (Lipinski definition) is 5. The van der Waals surface area contributed by atoms with Crippen molar-refractivity contribution in [1.29, 1.82) is 0 Å². The Balaban J connectivity index is 1.62. The summed E-state index contributed by atoms with van der Waals surface area (Å²) in [6, 6.07) is 17.4. The van der Waals surface area contributed by atoms with Gasteiger partial charge in [0.1, 0.15) is 11.4 Å². The second-order valence-corrected chi connectivity index (χ2v) is 6.99. The molecule has 0 bridgehead atoms. The third-order valence-corrected chi connectivity index (χ3v) is 4.55. The largest absolute Gasteiger partial charge is 0.497 e. The highest BCUT2D eigenvalue weighted by molar-refractivity contribution is 5.92. The third kappa shape index (κ3) is 5.54. The van der Waals surface area contributed by atoms with Crippen LogP contribution in [0.2, 0.25) is 0 Å². The Morgan fingerprint density at radius 3 is 2.72 bits per heavy atom. The Morgan fingerprint density at radius 2 is 1.93 bits per heavy atom. The summed E-state index contributed by atoms with van der Waals surface area (Å²) in [6.07, 6.45) is 2.30. The first-order chi connectivity index (χ1) is 14.1. The maximum absolute atomic E-state index is 12.5. The second kappa shape index (κ2) is 9.68. The van der Waals surface area contributed by atoms with Gasteiger partial charge in [0, 0.05) is 18.4 Å². The van der Waals surface area contributed by atoms with Gasteiger partial charge in [-0.2, -0.15) is 0 Å². The molecule has 2 N–H and O–H groups in total. The van der Waals surface area contributed by atoms with E-state index in [0.29, 0.717) is 30.5 Å². The van der Waals surface area contributed by atoms with Gasteiger partial charge in [0.2, 0.25) is 5.95 Å². The number of para-hydroxylation sites is 1. The van der Waals surface area contributed by atoms with Crippen LogP contribution in [-0.4, -0.2) is 29.5 Å². The number of amides is 1. The Morgan fingerprint density at radius 1 is 1.10 bits per heavy atom. The molecule has 0 aliphatic rings. The molecule has 0 radical (unpaired) electrons. The van der Waals surface area contributed by atoms with E-state index in [-0.39, 0.29) is 5.91 Å². The molecule has 0 saturated heterocycles. The molecule has 0 aliphatic carbocycles. The van der Waals surface area contributed by atoms with E-state index in [4.69, 9.17) is 4.74 Å². The molecule has 0 unspecified atom stereocenters. The van der Waals surface area contributed by atoms with Crippen LogP contribution in [0.4, 0.5) is 11.6 Å². The minimum atomic E-state index is -0.226. The van der Waals surface area contributed by atoms with E-state index in [1.165, 1.54) is 5.56 Å². The van der Waals surface area contributed by atoms with E-state index in [9.17, 15) is 4.79 Å². The number of carbonyl (C=O) groups is 1. The molecule has 0 spiro atoms. The Bertz CT molecular complexity index is 972. The fourth-order valence-electron chi connectivity index (χ4n) is 3.02. The lowest BCUT2D eigenvalue weighted by Crippen LogP contribution is -2.26. The van der Waals surface area contributed by atoms with Gasteiger partial charge in [-0.05, 0) is 47.7 Å². The van der Waals surface area contributed by atoms with Crippen molar-refractivity contribution in [2.24, 2.45) is 0 Å². The second-order valence-electron chi connectivity index (χ2n) is 6.99. The van der Waals surface area contributed by atoms with Gasteiger partial charge in [0.15, 0.2) is 0 Å². The standard InChI is InChI=1S/C23H26N4O2/c1-16(2)19-9-4-5-10-20(19)26-23-25-14-12-21(27-23)22(28)24-13-11-17-7-6-8-18(15-17)29-3/h4-10,12,14-16H,11,13H2,1-3H3,(H,24,28)(H,25,26,27). The highest BCUT2D eigenvalue weighted by Crippen LogP contribution is 2.25. The summed E-state index contributed by atoms with van der Waals surface area (Å²) < 4.78 is 5.23. The number of carbonyl (C=O) groups excluding carboxylic acids is 1. The molecule has 150 valence electrons. The van der Waals surface area contributed by atoms with E-state index in [2.05, 4.69) is 40.5 Å². The number of hydrogen-bond donors (Lipinski definition) is 2. The van der Waals surface area contributed by atoms with Crippen LogP contribution < -0.4 is 15.4 Å². The molecule has 2 aromatic carbocycles. The number of aromatic nitrogens is 2. The number of anilines is 2. The summed E-state index contributed by atoms with van der Waals surface area (Å²) in [5.74, 6) is 1.35. The average Bonchev–Trinajstić information content (AvgIpc) is 2.74. The van der Waals surface area contributed by atoms with Gasteiger partial charge >= 0.3 is 0 Å². The Hall–Kier alpha value is -3.41. The van der Waals surface area contributed by atoms with Crippen LogP contribution in [0.15, 0.2) is 60.8 Å². The highest BCUT2D eigenvalue weighted by Gasteiger charge is 2.11. The molecule has 3 rings (SSSR count). The number of rotatable bonds is 8. The van der Waals surface area contributed by atoms with Gasteiger partial charge < -0.3 is 15.4 Å². The van der Waals surface area contributed by atoms with Crippen molar-refractivity contribution < 1.29 is 9.53 Å². The topological polar surface area (TPSA) is 76.1 Å². The first kappa shape index (κ1) is 20.3. The van der Waals surface area contributed by atoms with Crippen molar-refractivity contribution in [3.05, 3.63) is 77.6 Å². The fourth-order valence-corrected chi connectivity index (χ4v) is 3.02. The first-order valence-electron chi connectivity index (χ1n) is 9.67. The molecule has 0 saturated carbocycles. The maximum atomic E-state index is 12.5. The van der Waals surface area contributed by atoms with Gasteiger partial charge in [-0.1, -0.05) is 44.2 Å². The molecule has 1 aromatic heterocycles. The van der Waals surface area contributed by atoms with Crippen molar-refractivity contribution in [1.82, 2.24) is 15.3 Å². The molecule has 3 aromatic rings. The molecule has 0 fully saturated rings. The van der Waals surface area contributed by atoms with E-state index >= 15 is 0 Å². The zero-order valence-electron chi connectivity index (χ0n) is 17.0. The lowest BCUT2D eigenvalue weighted by molar-refractivity contribution is 0.0949. The predicted molar refractivity (Wildman–Crippen MR) is 115 cm³/mol. The lowest BCUT2D eigenvalue weighted by Gasteiger charge is -2.13. The summed E-state index contributed by atoms with van der Waals surface area (Å²) >= 11 is 0. The Labute approximate surface area is 171 Å². The van der Waals surface area contributed by atoms with Crippen molar-refractivity contribution in [2.45, 2.75) is 26.2 Å². The van der Waals surface area contributed by atoms with Crippen LogP contribution >= 0.6 is 0 Å². The smallest absolute Gasteiger partial charge is 0.270 e. The van der Waals surface area contributed by atoms with Crippen LogP contribution in [0, 0.1) is 0 Å². The zero-order chi connectivity index (χ0) is 20.6. The molecule has 0 aliphatic heterocycles. The van der Waals surface area contributed by atoms with Crippen molar-refractivity contribution in [2.75, 3.05) is 19.0 Å². The fraction of sp³-hybridized carbons (Fsp3) is 0.261. The van der Waals surface area contributed by atoms with Crippen LogP contribution in [0.3, 0.4) is 0 Å². The summed E-state index contributed by atoms with van der Waals surface area (Å²) in [6.45, 7) is 4.77. The molecule has 0 atom stereocenters. The van der Waals surface area contributed by atoms with Crippen molar-refractivity contribution >= 4 is 17.5 Å². The quantitative estimate of drug-likeness (QED) is 0.599. The van der Waals surface area contributed by atoms with Crippen LogP contribution in [0.1, 0.15) is 41.4 Å². The first-order valence-corrected chi connectivity index (χ1v) is 9.67. The van der Waals surface area contributed by atoms with E-state index < -0.39 is 0 Å². The van der Waals surface area contributed by atoms with Gasteiger partial charge in [0.05, 0.1) is 7.11 Å².